The highest BCUT2D eigenvalue weighted by Crippen LogP contribution is 2.26. The van der Waals surface area contributed by atoms with Gasteiger partial charge in [-0.1, -0.05) is 6.92 Å². The minimum atomic E-state index is -0.927. The minimum Gasteiger partial charge on any atom is -0.390 e. The molecule has 1 fully saturated rings. The van der Waals surface area contributed by atoms with Crippen LogP contribution in [-0.2, 0) is 9.47 Å². The Morgan fingerprint density at radius 3 is 2.33 bits per heavy atom. The van der Waals surface area contributed by atoms with Crippen LogP contribution in [0.4, 0.5) is 0 Å². The van der Waals surface area contributed by atoms with Gasteiger partial charge in [0.15, 0.2) is 6.29 Å². The summed E-state index contributed by atoms with van der Waals surface area (Å²) < 4.78 is 10.1. The van der Waals surface area contributed by atoms with E-state index in [1.54, 1.807) is 6.92 Å². The Balaban J connectivity index is 2.65. The van der Waals surface area contributed by atoms with Gasteiger partial charge in [-0.3, -0.25) is 0 Å². The molecule has 0 aromatic rings. The highest BCUT2D eigenvalue weighted by atomic mass is 16.6. The van der Waals surface area contributed by atoms with E-state index in [2.05, 4.69) is 0 Å². The second kappa shape index (κ2) is 3.70. The van der Waals surface area contributed by atoms with Crippen LogP contribution in [0.15, 0.2) is 0 Å². The molecule has 12 heavy (non-hydrogen) atoms. The largest absolute Gasteiger partial charge is 0.390 e. The maximum absolute atomic E-state index is 9.55. The van der Waals surface area contributed by atoms with Gasteiger partial charge in [-0.2, -0.15) is 0 Å². The fourth-order valence-corrected chi connectivity index (χ4v) is 1.59. The van der Waals surface area contributed by atoms with Gasteiger partial charge in [-0.25, -0.2) is 0 Å². The second-order valence-corrected chi connectivity index (χ2v) is 3.28. The molecular formula is C8H16O4. The van der Waals surface area contributed by atoms with Crippen molar-refractivity contribution in [3.63, 3.8) is 0 Å². The zero-order valence-corrected chi connectivity index (χ0v) is 7.60. The SMILES string of the molecule is CO[C@H]1C(O)O[C@H](C)[C@H](O)[C@@H]1C. The van der Waals surface area contributed by atoms with Crippen LogP contribution in [0.1, 0.15) is 13.8 Å². The third kappa shape index (κ3) is 1.61. The summed E-state index contributed by atoms with van der Waals surface area (Å²) in [6, 6.07) is 0. The fourth-order valence-electron chi connectivity index (χ4n) is 1.59. The van der Waals surface area contributed by atoms with Crippen molar-refractivity contribution in [3.8, 4) is 0 Å². The number of ether oxygens (including phenoxy) is 2. The number of hydrogen-bond acceptors (Lipinski definition) is 4. The van der Waals surface area contributed by atoms with Crippen LogP contribution in [0.5, 0.6) is 0 Å². The van der Waals surface area contributed by atoms with Crippen molar-refractivity contribution in [2.75, 3.05) is 7.11 Å². The Morgan fingerprint density at radius 1 is 1.25 bits per heavy atom. The molecule has 1 rings (SSSR count). The van der Waals surface area contributed by atoms with Gasteiger partial charge in [0.1, 0.15) is 6.10 Å². The molecule has 0 saturated carbocycles. The van der Waals surface area contributed by atoms with Gasteiger partial charge in [0, 0.05) is 13.0 Å². The van der Waals surface area contributed by atoms with E-state index in [4.69, 9.17) is 9.47 Å². The van der Waals surface area contributed by atoms with Crippen LogP contribution in [0, 0.1) is 5.92 Å². The van der Waals surface area contributed by atoms with Crippen molar-refractivity contribution in [2.45, 2.75) is 38.4 Å². The molecule has 1 aliphatic heterocycles. The number of aliphatic hydroxyl groups excluding tert-OH is 2. The summed E-state index contributed by atoms with van der Waals surface area (Å²) in [5.74, 6) is -0.103. The molecule has 1 saturated heterocycles. The lowest BCUT2D eigenvalue weighted by Crippen LogP contribution is -2.52. The van der Waals surface area contributed by atoms with Crippen molar-refractivity contribution in [2.24, 2.45) is 5.92 Å². The monoisotopic (exact) mass is 176 g/mol. The lowest BCUT2D eigenvalue weighted by Gasteiger charge is -2.39. The van der Waals surface area contributed by atoms with Gasteiger partial charge in [0.2, 0.25) is 0 Å². The Labute approximate surface area is 72.1 Å². The van der Waals surface area contributed by atoms with E-state index in [9.17, 15) is 10.2 Å². The molecule has 1 unspecified atom stereocenters. The average Bonchev–Trinajstić information content (AvgIpc) is 2.01. The standard InChI is InChI=1S/C8H16O4/c1-4-6(9)5(2)12-8(10)7(4)11-3/h4-10H,1-3H3/t4-,5+,6+,7+,8?/m0/s1. The van der Waals surface area contributed by atoms with Gasteiger partial charge in [0.25, 0.3) is 0 Å². The lowest BCUT2D eigenvalue weighted by molar-refractivity contribution is -0.266. The maximum Gasteiger partial charge on any atom is 0.181 e. The van der Waals surface area contributed by atoms with Gasteiger partial charge < -0.3 is 19.7 Å². The third-order valence-corrected chi connectivity index (χ3v) is 2.45. The lowest BCUT2D eigenvalue weighted by atomic mass is 9.91. The Morgan fingerprint density at radius 2 is 1.83 bits per heavy atom. The topological polar surface area (TPSA) is 58.9 Å². The molecule has 0 aromatic carbocycles. The molecule has 0 aliphatic carbocycles. The summed E-state index contributed by atoms with van der Waals surface area (Å²) in [4.78, 5) is 0. The molecular weight excluding hydrogens is 160 g/mol. The Kier molecular flexibility index (Phi) is 3.06. The molecule has 0 bridgehead atoms. The first kappa shape index (κ1) is 9.92. The van der Waals surface area contributed by atoms with Gasteiger partial charge in [-0.05, 0) is 6.92 Å². The fraction of sp³-hybridized carbons (Fsp3) is 1.00. The summed E-state index contributed by atoms with van der Waals surface area (Å²) in [7, 11) is 1.50. The molecule has 0 radical (unpaired) electrons. The first-order valence-corrected chi connectivity index (χ1v) is 4.12. The summed E-state index contributed by atoms with van der Waals surface area (Å²) in [6.45, 7) is 3.57. The summed E-state index contributed by atoms with van der Waals surface area (Å²) >= 11 is 0. The molecule has 0 spiro atoms. The zero-order valence-electron chi connectivity index (χ0n) is 7.60. The summed E-state index contributed by atoms with van der Waals surface area (Å²) in [5, 5.41) is 18.9. The van der Waals surface area contributed by atoms with Crippen LogP contribution < -0.4 is 0 Å². The van der Waals surface area contributed by atoms with Crippen molar-refractivity contribution < 1.29 is 19.7 Å². The van der Waals surface area contributed by atoms with Crippen molar-refractivity contribution in [1.29, 1.82) is 0 Å². The molecule has 72 valence electrons. The van der Waals surface area contributed by atoms with E-state index in [-0.39, 0.29) is 12.0 Å². The van der Waals surface area contributed by atoms with Crippen LogP contribution in [0.2, 0.25) is 0 Å². The molecule has 1 heterocycles. The van der Waals surface area contributed by atoms with E-state index in [1.165, 1.54) is 7.11 Å². The van der Waals surface area contributed by atoms with Crippen LogP contribution in [-0.4, -0.2) is 41.9 Å². The molecule has 4 nitrogen and oxygen atoms in total. The molecule has 0 aromatic heterocycles. The quantitative estimate of drug-likeness (QED) is 0.577. The number of aliphatic hydroxyl groups is 2. The summed E-state index contributed by atoms with van der Waals surface area (Å²) in [5.41, 5.74) is 0. The maximum atomic E-state index is 9.55. The van der Waals surface area contributed by atoms with Gasteiger partial charge in [0.05, 0.1) is 12.2 Å². The normalized spacial score (nSPS) is 49.2. The molecule has 2 N–H and O–H groups in total. The zero-order chi connectivity index (χ0) is 9.30. The van der Waals surface area contributed by atoms with Crippen molar-refractivity contribution in [3.05, 3.63) is 0 Å². The minimum absolute atomic E-state index is 0.103. The Hall–Kier alpha value is -0.160. The molecule has 5 atom stereocenters. The van der Waals surface area contributed by atoms with E-state index in [1.807, 2.05) is 6.92 Å². The van der Waals surface area contributed by atoms with Crippen LogP contribution >= 0.6 is 0 Å². The molecule has 1 aliphatic rings. The van der Waals surface area contributed by atoms with E-state index >= 15 is 0 Å². The Bertz CT molecular complexity index is 150. The van der Waals surface area contributed by atoms with Gasteiger partial charge >= 0.3 is 0 Å². The smallest absolute Gasteiger partial charge is 0.181 e. The first-order chi connectivity index (χ1) is 5.57. The highest BCUT2D eigenvalue weighted by Gasteiger charge is 2.40. The van der Waals surface area contributed by atoms with Crippen LogP contribution in [0.3, 0.4) is 0 Å². The number of hydrogen-bond donors (Lipinski definition) is 2. The predicted molar refractivity (Wildman–Crippen MR) is 42.5 cm³/mol. The predicted octanol–water partition coefficient (Wildman–Crippen LogP) is -0.265. The van der Waals surface area contributed by atoms with Crippen molar-refractivity contribution >= 4 is 0 Å². The van der Waals surface area contributed by atoms with E-state index in [0.717, 1.165) is 0 Å². The number of rotatable bonds is 1. The van der Waals surface area contributed by atoms with Crippen LogP contribution in [0.25, 0.3) is 0 Å². The number of methoxy groups -OCH3 is 1. The average molecular weight is 176 g/mol. The van der Waals surface area contributed by atoms with Gasteiger partial charge in [-0.15, -0.1) is 0 Å². The highest BCUT2D eigenvalue weighted by molar-refractivity contribution is 4.84. The molecule has 0 amide bonds. The van der Waals surface area contributed by atoms with E-state index in [0.29, 0.717) is 0 Å². The van der Waals surface area contributed by atoms with E-state index < -0.39 is 18.5 Å². The second-order valence-electron chi connectivity index (χ2n) is 3.28. The summed E-state index contributed by atoms with van der Waals surface area (Å²) in [6.07, 6.45) is -2.26. The first-order valence-electron chi connectivity index (χ1n) is 4.12. The molecule has 4 heteroatoms. The third-order valence-electron chi connectivity index (χ3n) is 2.45. The van der Waals surface area contributed by atoms with Crippen molar-refractivity contribution in [1.82, 2.24) is 0 Å².